The van der Waals surface area contributed by atoms with Gasteiger partial charge in [-0.2, -0.15) is 13.2 Å². The van der Waals surface area contributed by atoms with E-state index in [1.807, 2.05) is 0 Å². The highest BCUT2D eigenvalue weighted by Crippen LogP contribution is 2.17. The molecule has 11 heteroatoms. The minimum atomic E-state index is -4.51. The summed E-state index contributed by atoms with van der Waals surface area (Å²) in [5.41, 5.74) is 5.87. The molecule has 0 radical (unpaired) electrons. The first kappa shape index (κ1) is 23.6. The van der Waals surface area contributed by atoms with Crippen molar-refractivity contribution in [3.63, 3.8) is 0 Å². The Morgan fingerprint density at radius 1 is 1.10 bits per heavy atom. The van der Waals surface area contributed by atoms with E-state index in [-0.39, 0.29) is 30.8 Å². The number of ether oxygens (including phenoxy) is 1. The molecule has 0 aliphatic carbocycles. The molecule has 2 aromatic rings. The number of rotatable bonds is 10. The highest BCUT2D eigenvalue weighted by Gasteiger charge is 2.28. The van der Waals surface area contributed by atoms with Crippen molar-refractivity contribution in [1.82, 2.24) is 15.6 Å². The molecule has 0 spiro atoms. The molecule has 0 bridgehead atoms. The van der Waals surface area contributed by atoms with Crippen LogP contribution in [-0.4, -0.2) is 48.1 Å². The number of hydrogen-bond acceptors (Lipinski definition) is 5. The van der Waals surface area contributed by atoms with E-state index in [9.17, 15) is 27.6 Å². The summed E-state index contributed by atoms with van der Waals surface area (Å²) in [6.07, 6.45) is -3.34. The number of nitrogens with two attached hydrogens (primary N) is 1. The zero-order valence-electron chi connectivity index (χ0n) is 16.3. The molecule has 3 amide bonds. The molecule has 0 saturated heterocycles. The molecule has 0 aliphatic heterocycles. The zero-order valence-corrected chi connectivity index (χ0v) is 16.3. The molecule has 1 unspecified atom stereocenters. The number of halogens is 3. The quantitative estimate of drug-likeness (QED) is 0.517. The molecule has 166 valence electrons. The van der Waals surface area contributed by atoms with Crippen LogP contribution in [-0.2, 0) is 16.0 Å². The van der Waals surface area contributed by atoms with Gasteiger partial charge in [-0.15, -0.1) is 0 Å². The van der Waals surface area contributed by atoms with Gasteiger partial charge in [-0.25, -0.2) is 4.98 Å². The minimum absolute atomic E-state index is 0.0160. The van der Waals surface area contributed by atoms with Crippen LogP contribution < -0.4 is 21.1 Å². The van der Waals surface area contributed by atoms with Crippen molar-refractivity contribution in [1.29, 1.82) is 0 Å². The molecule has 31 heavy (non-hydrogen) atoms. The monoisotopic (exact) mass is 438 g/mol. The van der Waals surface area contributed by atoms with E-state index in [4.69, 9.17) is 5.73 Å². The van der Waals surface area contributed by atoms with E-state index < -0.39 is 36.5 Å². The van der Waals surface area contributed by atoms with E-state index >= 15 is 0 Å². The number of nitrogens with zero attached hydrogens (tertiary/aromatic N) is 1. The molecule has 0 fully saturated rings. The third-order valence-corrected chi connectivity index (χ3v) is 3.96. The van der Waals surface area contributed by atoms with Crippen LogP contribution >= 0.6 is 0 Å². The number of carbonyl (C=O) groups excluding carboxylic acids is 3. The normalized spacial score (nSPS) is 12.0. The Kier molecular flexibility index (Phi) is 8.35. The lowest BCUT2D eigenvalue weighted by Crippen LogP contribution is -2.48. The van der Waals surface area contributed by atoms with Crippen LogP contribution in [0.1, 0.15) is 22.3 Å². The number of hydrogen-bond donors (Lipinski definition) is 3. The number of pyridine rings is 1. The van der Waals surface area contributed by atoms with Crippen LogP contribution in [0.25, 0.3) is 0 Å². The van der Waals surface area contributed by atoms with Gasteiger partial charge in [0, 0.05) is 31.6 Å². The molecular formula is C20H21F3N4O4. The van der Waals surface area contributed by atoms with Crippen molar-refractivity contribution in [2.45, 2.75) is 25.1 Å². The van der Waals surface area contributed by atoms with Crippen LogP contribution in [0.2, 0.25) is 0 Å². The highest BCUT2D eigenvalue weighted by molar-refractivity contribution is 5.97. The van der Waals surface area contributed by atoms with Crippen LogP contribution in [0.15, 0.2) is 48.7 Å². The molecule has 4 N–H and O–H groups in total. The second kappa shape index (κ2) is 11.0. The molecule has 0 aliphatic rings. The van der Waals surface area contributed by atoms with Gasteiger partial charge in [0.05, 0.1) is 5.56 Å². The van der Waals surface area contributed by atoms with Crippen molar-refractivity contribution in [2.75, 3.05) is 13.2 Å². The lowest BCUT2D eigenvalue weighted by molar-refractivity contribution is -0.154. The highest BCUT2D eigenvalue weighted by atomic mass is 19.4. The molecule has 0 saturated carbocycles. The maximum Gasteiger partial charge on any atom is 0.422 e. The Labute approximate surface area is 176 Å². The van der Waals surface area contributed by atoms with E-state index in [2.05, 4.69) is 20.4 Å². The number of alkyl halides is 3. The van der Waals surface area contributed by atoms with Crippen molar-refractivity contribution in [2.24, 2.45) is 5.73 Å². The van der Waals surface area contributed by atoms with E-state index in [1.54, 1.807) is 30.3 Å². The maximum absolute atomic E-state index is 12.5. The van der Waals surface area contributed by atoms with Crippen LogP contribution in [0.3, 0.4) is 0 Å². The third-order valence-electron chi connectivity index (χ3n) is 3.96. The first-order chi connectivity index (χ1) is 14.6. The maximum atomic E-state index is 12.5. The number of aromatic nitrogens is 1. The fourth-order valence-corrected chi connectivity index (χ4v) is 2.49. The predicted octanol–water partition coefficient (Wildman–Crippen LogP) is 1.36. The van der Waals surface area contributed by atoms with Gasteiger partial charge in [-0.05, 0) is 11.6 Å². The number of benzene rings is 1. The minimum Gasteiger partial charge on any atom is -0.468 e. The fourth-order valence-electron chi connectivity index (χ4n) is 2.49. The average Bonchev–Trinajstić information content (AvgIpc) is 2.72. The average molecular weight is 438 g/mol. The van der Waals surface area contributed by atoms with Crippen molar-refractivity contribution in [3.05, 3.63) is 59.8 Å². The lowest BCUT2D eigenvalue weighted by atomic mass is 10.0. The Balaban J connectivity index is 2.05. The summed E-state index contributed by atoms with van der Waals surface area (Å²) in [6.45, 7) is -1.49. The number of amides is 3. The van der Waals surface area contributed by atoms with Gasteiger partial charge in [-0.1, -0.05) is 30.3 Å². The van der Waals surface area contributed by atoms with Gasteiger partial charge in [0.15, 0.2) is 6.61 Å². The van der Waals surface area contributed by atoms with Crippen molar-refractivity contribution < 1.29 is 32.3 Å². The molecule has 1 heterocycles. The summed E-state index contributed by atoms with van der Waals surface area (Å²) in [6, 6.07) is 10.3. The molecule has 1 aromatic heterocycles. The SMILES string of the molecule is NC(=O)CCNC(=O)C(Cc1ccccc1)NC(=O)c1ccc(OCC(F)(F)F)nc1. The second-order valence-electron chi connectivity index (χ2n) is 6.51. The predicted molar refractivity (Wildman–Crippen MR) is 104 cm³/mol. The smallest absolute Gasteiger partial charge is 0.422 e. The van der Waals surface area contributed by atoms with Crippen molar-refractivity contribution in [3.8, 4) is 5.88 Å². The number of nitrogens with one attached hydrogen (secondary N) is 2. The van der Waals surface area contributed by atoms with Gasteiger partial charge in [-0.3, -0.25) is 14.4 Å². The Morgan fingerprint density at radius 3 is 2.39 bits per heavy atom. The summed E-state index contributed by atoms with van der Waals surface area (Å²) in [7, 11) is 0. The molecule has 1 aromatic carbocycles. The summed E-state index contributed by atoms with van der Waals surface area (Å²) < 4.78 is 41.1. The van der Waals surface area contributed by atoms with Gasteiger partial charge in [0.1, 0.15) is 6.04 Å². The van der Waals surface area contributed by atoms with E-state index in [0.29, 0.717) is 0 Å². The summed E-state index contributed by atoms with van der Waals surface area (Å²) in [4.78, 5) is 39.6. The molecular weight excluding hydrogens is 417 g/mol. The lowest BCUT2D eigenvalue weighted by Gasteiger charge is -2.18. The van der Waals surface area contributed by atoms with Gasteiger partial charge >= 0.3 is 6.18 Å². The van der Waals surface area contributed by atoms with Crippen LogP contribution in [0.5, 0.6) is 5.88 Å². The molecule has 1 atom stereocenters. The molecule has 2 rings (SSSR count). The fraction of sp³-hybridized carbons (Fsp3) is 0.300. The molecule has 8 nitrogen and oxygen atoms in total. The van der Waals surface area contributed by atoms with E-state index in [1.165, 1.54) is 6.07 Å². The summed E-state index contributed by atoms with van der Waals surface area (Å²) in [5, 5.41) is 5.10. The van der Waals surface area contributed by atoms with Gasteiger partial charge < -0.3 is 21.1 Å². The first-order valence-electron chi connectivity index (χ1n) is 9.20. The summed E-state index contributed by atoms with van der Waals surface area (Å²) in [5.74, 6) is -2.04. The van der Waals surface area contributed by atoms with Crippen molar-refractivity contribution >= 4 is 17.7 Å². The first-order valence-corrected chi connectivity index (χ1v) is 9.20. The third kappa shape index (κ3) is 8.72. The Morgan fingerprint density at radius 2 is 1.81 bits per heavy atom. The topological polar surface area (TPSA) is 123 Å². The zero-order chi connectivity index (χ0) is 22.9. The van der Waals surface area contributed by atoms with Crippen LogP contribution in [0.4, 0.5) is 13.2 Å². The van der Waals surface area contributed by atoms with Crippen LogP contribution in [0, 0.1) is 0 Å². The van der Waals surface area contributed by atoms with Gasteiger partial charge in [0.2, 0.25) is 17.7 Å². The number of carbonyl (C=O) groups is 3. The number of primary amides is 1. The van der Waals surface area contributed by atoms with E-state index in [0.717, 1.165) is 17.8 Å². The largest absolute Gasteiger partial charge is 0.468 e. The van der Waals surface area contributed by atoms with Gasteiger partial charge in [0.25, 0.3) is 5.91 Å². The summed E-state index contributed by atoms with van der Waals surface area (Å²) >= 11 is 0. The Bertz CT molecular complexity index is 890. The Hall–Kier alpha value is -3.63. The second-order valence-corrected chi connectivity index (χ2v) is 6.51. The standard InChI is InChI=1S/C20H21F3N4O4/c21-20(22,23)12-31-17-7-6-14(11-26-17)18(29)27-15(10-13-4-2-1-3-5-13)19(30)25-9-8-16(24)28/h1-7,11,15H,8-10,12H2,(H2,24,28)(H,25,30)(H,27,29).